The van der Waals surface area contributed by atoms with Crippen LogP contribution in [-0.2, 0) is 19.1 Å². The van der Waals surface area contributed by atoms with Crippen molar-refractivity contribution in [2.75, 3.05) is 6.61 Å². The van der Waals surface area contributed by atoms with E-state index in [0.29, 0.717) is 30.8 Å². The van der Waals surface area contributed by atoms with Gasteiger partial charge in [-0.2, -0.15) is 0 Å². The molecule has 4 nitrogen and oxygen atoms in total. The Morgan fingerprint density at radius 1 is 1.22 bits per heavy atom. The number of hydrogen-bond acceptors (Lipinski definition) is 4. The highest BCUT2D eigenvalue weighted by Crippen LogP contribution is 2.62. The van der Waals surface area contributed by atoms with Gasteiger partial charge in [-0.15, -0.1) is 0 Å². The molecule has 0 spiro atoms. The van der Waals surface area contributed by atoms with Crippen LogP contribution in [0.2, 0.25) is 0 Å². The summed E-state index contributed by atoms with van der Waals surface area (Å²) >= 11 is 0. The van der Waals surface area contributed by atoms with Gasteiger partial charge in [0.2, 0.25) is 0 Å². The van der Waals surface area contributed by atoms with Crippen molar-refractivity contribution >= 4 is 12.4 Å². The second kappa shape index (κ2) is 6.35. The van der Waals surface area contributed by atoms with E-state index in [0.717, 1.165) is 32.1 Å². The van der Waals surface area contributed by atoms with E-state index in [1.165, 1.54) is 24.8 Å². The monoisotopic (exact) mass is 368 g/mol. The molecular formula is C23H28O4. The first-order chi connectivity index (χ1) is 13.1. The summed E-state index contributed by atoms with van der Waals surface area (Å²) in [6.07, 6.45) is 13.2. The van der Waals surface area contributed by atoms with Crippen LogP contribution in [0.4, 0.5) is 0 Å². The van der Waals surface area contributed by atoms with Gasteiger partial charge in [0.1, 0.15) is 12.7 Å². The molecule has 144 valence electrons. The van der Waals surface area contributed by atoms with Gasteiger partial charge in [0.25, 0.3) is 6.47 Å². The van der Waals surface area contributed by atoms with Crippen molar-refractivity contribution in [3.05, 3.63) is 34.4 Å². The summed E-state index contributed by atoms with van der Waals surface area (Å²) in [6.45, 7) is 3.53. The van der Waals surface area contributed by atoms with Gasteiger partial charge in [-0.05, 0) is 73.7 Å². The summed E-state index contributed by atoms with van der Waals surface area (Å²) in [5, 5.41) is 0. The number of hydrogen-bond donors (Lipinski definition) is 0. The molecule has 0 aromatic rings. The minimum atomic E-state index is -0.169. The number of cyclic esters (lactones) is 1. The number of carbonyl (C=O) groups excluding carboxylic acids is 2. The summed E-state index contributed by atoms with van der Waals surface area (Å²) in [5.41, 5.74) is 6.31. The van der Waals surface area contributed by atoms with Crippen molar-refractivity contribution in [2.24, 2.45) is 23.2 Å². The van der Waals surface area contributed by atoms with E-state index in [-0.39, 0.29) is 17.5 Å². The summed E-state index contributed by atoms with van der Waals surface area (Å²) in [4.78, 5) is 22.3. The van der Waals surface area contributed by atoms with E-state index in [2.05, 4.69) is 13.0 Å². The van der Waals surface area contributed by atoms with Crippen molar-refractivity contribution in [3.8, 4) is 0 Å². The van der Waals surface area contributed by atoms with Gasteiger partial charge >= 0.3 is 5.97 Å². The standard InChI is InChI=1S/C23H28O4/c1-23-9-8-18-17-5-3-16(27-13-24)10-14(17)2-4-19(18)21(23)7-6-20(23)15-11-22(25)26-12-15/h7,11,13,16,18-20H,2-6,8-10,12H2,1H3/t16-,18+,19+,20+,23+/m0/s1. The Labute approximate surface area is 160 Å². The predicted molar refractivity (Wildman–Crippen MR) is 101 cm³/mol. The first kappa shape index (κ1) is 17.3. The van der Waals surface area contributed by atoms with Crippen LogP contribution in [0, 0.1) is 23.2 Å². The van der Waals surface area contributed by atoms with Gasteiger partial charge in [0.05, 0.1) is 0 Å². The second-order valence-electron chi connectivity index (χ2n) is 9.21. The van der Waals surface area contributed by atoms with E-state index in [1.807, 2.05) is 0 Å². The zero-order valence-electron chi connectivity index (χ0n) is 16.0. The lowest BCUT2D eigenvalue weighted by molar-refractivity contribution is -0.135. The third kappa shape index (κ3) is 2.63. The number of carbonyl (C=O) groups is 2. The molecule has 5 rings (SSSR count). The number of ether oxygens (including phenoxy) is 2. The van der Waals surface area contributed by atoms with Crippen molar-refractivity contribution in [1.82, 2.24) is 0 Å². The van der Waals surface area contributed by atoms with Crippen molar-refractivity contribution < 1.29 is 19.1 Å². The minimum Gasteiger partial charge on any atom is -0.464 e. The second-order valence-corrected chi connectivity index (χ2v) is 9.21. The number of esters is 1. The Morgan fingerprint density at radius 2 is 2.11 bits per heavy atom. The molecule has 5 aliphatic rings. The Balaban J connectivity index is 1.39. The van der Waals surface area contributed by atoms with Gasteiger partial charge in [-0.1, -0.05) is 29.7 Å². The maximum Gasteiger partial charge on any atom is 0.331 e. The smallest absolute Gasteiger partial charge is 0.331 e. The fourth-order valence-electron chi connectivity index (χ4n) is 6.87. The van der Waals surface area contributed by atoms with Crippen LogP contribution in [0.25, 0.3) is 0 Å². The van der Waals surface area contributed by atoms with E-state index < -0.39 is 0 Å². The highest BCUT2D eigenvalue weighted by atomic mass is 16.5. The molecule has 0 amide bonds. The molecule has 1 fully saturated rings. The topological polar surface area (TPSA) is 52.6 Å². The fraction of sp³-hybridized carbons (Fsp3) is 0.652. The molecule has 0 bridgehead atoms. The first-order valence-corrected chi connectivity index (χ1v) is 10.5. The number of allylic oxidation sites excluding steroid dienone is 3. The van der Waals surface area contributed by atoms with Gasteiger partial charge < -0.3 is 9.47 Å². The van der Waals surface area contributed by atoms with E-state index >= 15 is 0 Å². The minimum absolute atomic E-state index is 0.0913. The van der Waals surface area contributed by atoms with Crippen molar-refractivity contribution in [2.45, 2.75) is 64.4 Å². The van der Waals surface area contributed by atoms with Crippen LogP contribution < -0.4 is 0 Å². The zero-order chi connectivity index (χ0) is 18.6. The van der Waals surface area contributed by atoms with Gasteiger partial charge in [0, 0.05) is 12.5 Å². The lowest BCUT2D eigenvalue weighted by Crippen LogP contribution is -2.40. The van der Waals surface area contributed by atoms with Gasteiger partial charge in [-0.25, -0.2) is 4.79 Å². The molecule has 5 atom stereocenters. The third-order valence-electron chi connectivity index (χ3n) is 8.11. The summed E-state index contributed by atoms with van der Waals surface area (Å²) in [7, 11) is 0. The molecule has 0 radical (unpaired) electrons. The highest BCUT2D eigenvalue weighted by Gasteiger charge is 2.52. The quantitative estimate of drug-likeness (QED) is 0.424. The van der Waals surface area contributed by atoms with E-state index in [1.54, 1.807) is 22.8 Å². The molecule has 1 saturated carbocycles. The average molecular weight is 368 g/mol. The zero-order valence-corrected chi connectivity index (χ0v) is 16.0. The molecular weight excluding hydrogens is 340 g/mol. The van der Waals surface area contributed by atoms with Crippen LogP contribution in [0.1, 0.15) is 58.3 Å². The normalized spacial score (nSPS) is 40.4. The maximum atomic E-state index is 11.6. The van der Waals surface area contributed by atoms with Crippen LogP contribution in [-0.4, -0.2) is 25.2 Å². The molecule has 0 aromatic carbocycles. The Bertz CT molecular complexity index is 773. The fourth-order valence-corrected chi connectivity index (χ4v) is 6.87. The Hall–Kier alpha value is -1.84. The van der Waals surface area contributed by atoms with Crippen LogP contribution in [0.3, 0.4) is 0 Å². The molecule has 1 aliphatic heterocycles. The van der Waals surface area contributed by atoms with Crippen LogP contribution in [0.5, 0.6) is 0 Å². The van der Waals surface area contributed by atoms with Crippen LogP contribution >= 0.6 is 0 Å². The lowest BCUT2D eigenvalue weighted by atomic mass is 9.54. The van der Waals surface area contributed by atoms with Crippen LogP contribution in [0.15, 0.2) is 34.4 Å². The predicted octanol–water partition coefficient (Wildman–Crippen LogP) is 4.26. The van der Waals surface area contributed by atoms with Gasteiger partial charge in [-0.3, -0.25) is 4.79 Å². The SMILES string of the molecule is C[C@]12CC[C@@H]3C4=C(CC[C@H]3C1=CC[C@@H]2C1=CC(=O)OC1)C[C@@H](OC=O)CC4. The number of rotatable bonds is 3. The molecule has 0 N–H and O–H groups in total. The molecule has 4 aliphatic carbocycles. The number of fused-ring (bicyclic) bond motifs is 4. The molecule has 1 heterocycles. The molecule has 0 saturated heterocycles. The lowest BCUT2D eigenvalue weighted by Gasteiger charge is -2.50. The van der Waals surface area contributed by atoms with Gasteiger partial charge in [0.15, 0.2) is 0 Å². The van der Waals surface area contributed by atoms with Crippen molar-refractivity contribution in [1.29, 1.82) is 0 Å². The van der Waals surface area contributed by atoms with Crippen molar-refractivity contribution in [3.63, 3.8) is 0 Å². The summed E-state index contributed by atoms with van der Waals surface area (Å²) in [6, 6.07) is 0. The molecule has 4 heteroatoms. The Kier molecular flexibility index (Phi) is 4.06. The summed E-state index contributed by atoms with van der Waals surface area (Å²) < 4.78 is 10.5. The Morgan fingerprint density at radius 3 is 2.89 bits per heavy atom. The first-order valence-electron chi connectivity index (χ1n) is 10.5. The summed E-state index contributed by atoms with van der Waals surface area (Å²) in [5.74, 6) is 1.61. The largest absolute Gasteiger partial charge is 0.464 e. The third-order valence-corrected chi connectivity index (χ3v) is 8.11. The maximum absolute atomic E-state index is 11.6. The molecule has 27 heavy (non-hydrogen) atoms. The molecule has 0 unspecified atom stereocenters. The average Bonchev–Trinajstić information content (AvgIpc) is 3.24. The van der Waals surface area contributed by atoms with E-state index in [4.69, 9.17) is 9.47 Å². The van der Waals surface area contributed by atoms with E-state index in [9.17, 15) is 9.59 Å². The molecule has 0 aromatic heterocycles. The highest BCUT2D eigenvalue weighted by molar-refractivity contribution is 5.85.